The van der Waals surface area contributed by atoms with E-state index in [1.54, 1.807) is 0 Å². The van der Waals surface area contributed by atoms with Gasteiger partial charge in [0.05, 0.1) is 7.11 Å². The highest BCUT2D eigenvalue weighted by Gasteiger charge is 2.16. The van der Waals surface area contributed by atoms with E-state index in [1.165, 1.54) is 7.11 Å². The summed E-state index contributed by atoms with van der Waals surface area (Å²) in [5, 5.41) is 2.70. The van der Waals surface area contributed by atoms with Crippen LogP contribution in [-0.4, -0.2) is 25.0 Å². The molecule has 1 aromatic rings. The second-order valence-electron chi connectivity index (χ2n) is 4.12. The smallest absolute Gasteiger partial charge is 0.407 e. The molecule has 1 N–H and O–H groups in total. The molecule has 0 fully saturated rings. The van der Waals surface area contributed by atoms with Crippen LogP contribution in [0.25, 0.3) is 0 Å². The van der Waals surface area contributed by atoms with Crippen molar-refractivity contribution in [3.05, 3.63) is 35.9 Å². The molecule has 0 saturated heterocycles. The zero-order chi connectivity index (χ0) is 13.4. The molecule has 1 rings (SSSR count). The zero-order valence-corrected chi connectivity index (χ0v) is 10.8. The van der Waals surface area contributed by atoms with E-state index in [2.05, 4.69) is 10.1 Å². The maximum atomic E-state index is 11.5. The molecule has 18 heavy (non-hydrogen) atoms. The van der Waals surface area contributed by atoms with Crippen molar-refractivity contribution in [1.82, 2.24) is 5.32 Å². The number of carbonyl (C=O) groups excluding carboxylic acids is 2. The van der Waals surface area contributed by atoms with Crippen LogP contribution in [0.5, 0.6) is 0 Å². The van der Waals surface area contributed by atoms with Gasteiger partial charge >= 0.3 is 6.09 Å². The Balaban J connectivity index is 2.64. The van der Waals surface area contributed by atoms with E-state index in [1.807, 2.05) is 37.3 Å². The largest absolute Gasteiger partial charge is 0.453 e. The Morgan fingerprint density at radius 3 is 2.50 bits per heavy atom. The first-order valence-corrected chi connectivity index (χ1v) is 6.05. The summed E-state index contributed by atoms with van der Waals surface area (Å²) in [7, 11) is 1.32. The number of nitrogens with one attached hydrogen (secondary N) is 1. The van der Waals surface area contributed by atoms with Crippen LogP contribution in [0.2, 0.25) is 0 Å². The van der Waals surface area contributed by atoms with Crippen LogP contribution in [0.1, 0.15) is 25.3 Å². The Labute approximate surface area is 107 Å². The molecule has 0 radical (unpaired) electrons. The molecule has 98 valence electrons. The Kier molecular flexibility index (Phi) is 5.91. The van der Waals surface area contributed by atoms with Crippen LogP contribution in [0.3, 0.4) is 0 Å². The Bertz CT molecular complexity index is 371. The van der Waals surface area contributed by atoms with Gasteiger partial charge in [0.2, 0.25) is 0 Å². The van der Waals surface area contributed by atoms with Crippen LogP contribution >= 0.6 is 0 Å². The first-order chi connectivity index (χ1) is 8.65. The lowest BCUT2D eigenvalue weighted by Crippen LogP contribution is -2.37. The molecule has 0 unspecified atom stereocenters. The molecule has 1 amide bonds. The van der Waals surface area contributed by atoms with Crippen LogP contribution < -0.4 is 5.32 Å². The molecular formula is C14H19NO3. The van der Waals surface area contributed by atoms with Gasteiger partial charge in [-0.2, -0.15) is 0 Å². The molecule has 0 aliphatic carbocycles. The van der Waals surface area contributed by atoms with Gasteiger partial charge < -0.3 is 10.1 Å². The van der Waals surface area contributed by atoms with Gasteiger partial charge in [-0.25, -0.2) is 4.79 Å². The summed E-state index contributed by atoms with van der Waals surface area (Å²) in [6.07, 6.45) is 0.941. The first kappa shape index (κ1) is 14.2. The predicted octanol–water partition coefficient (Wildman–Crippen LogP) is 2.32. The van der Waals surface area contributed by atoms with E-state index in [0.29, 0.717) is 19.3 Å². The summed E-state index contributed by atoms with van der Waals surface area (Å²) in [4.78, 5) is 22.7. The normalized spacial score (nSPS) is 11.7. The predicted molar refractivity (Wildman–Crippen MR) is 69.4 cm³/mol. The van der Waals surface area contributed by atoms with Crippen molar-refractivity contribution in [2.24, 2.45) is 0 Å². The number of methoxy groups -OCH3 is 1. The quantitative estimate of drug-likeness (QED) is 0.841. The Morgan fingerprint density at radius 2 is 1.94 bits per heavy atom. The Hall–Kier alpha value is -1.84. The van der Waals surface area contributed by atoms with Gasteiger partial charge in [0.15, 0.2) is 0 Å². The highest BCUT2D eigenvalue weighted by molar-refractivity contribution is 5.79. The van der Waals surface area contributed by atoms with Crippen molar-refractivity contribution in [2.75, 3.05) is 7.11 Å². The number of hydrogen-bond donors (Lipinski definition) is 1. The molecule has 0 aromatic heterocycles. The summed E-state index contributed by atoms with van der Waals surface area (Å²) in [6, 6.07) is 9.54. The number of rotatable bonds is 6. The van der Waals surface area contributed by atoms with Gasteiger partial charge in [0.1, 0.15) is 5.78 Å². The van der Waals surface area contributed by atoms with Crippen molar-refractivity contribution in [2.45, 2.75) is 32.2 Å². The fourth-order valence-corrected chi connectivity index (χ4v) is 1.72. The molecule has 0 saturated carbocycles. The van der Waals surface area contributed by atoms with Crippen molar-refractivity contribution < 1.29 is 14.3 Å². The van der Waals surface area contributed by atoms with Crippen LogP contribution in [-0.2, 0) is 16.0 Å². The molecule has 0 aliphatic rings. The topological polar surface area (TPSA) is 55.4 Å². The maximum absolute atomic E-state index is 11.5. The van der Waals surface area contributed by atoms with Crippen LogP contribution in [0.4, 0.5) is 4.79 Å². The van der Waals surface area contributed by atoms with Crippen LogP contribution in [0, 0.1) is 0 Å². The summed E-state index contributed by atoms with van der Waals surface area (Å²) in [5.74, 6) is 0.132. The number of Topliss-reactive ketones (excluding diaryl/α,β-unsaturated/α-hetero) is 1. The molecular weight excluding hydrogens is 230 g/mol. The van der Waals surface area contributed by atoms with Gasteiger partial charge in [-0.3, -0.25) is 4.79 Å². The first-order valence-electron chi connectivity index (χ1n) is 6.05. The van der Waals surface area contributed by atoms with E-state index in [4.69, 9.17) is 0 Å². The number of ether oxygens (including phenoxy) is 1. The molecule has 0 spiro atoms. The lowest BCUT2D eigenvalue weighted by molar-refractivity contribution is -0.119. The summed E-state index contributed by atoms with van der Waals surface area (Å²) < 4.78 is 4.57. The van der Waals surface area contributed by atoms with Gasteiger partial charge in [-0.05, 0) is 12.0 Å². The molecule has 0 aliphatic heterocycles. The molecule has 0 bridgehead atoms. The number of carbonyl (C=O) groups is 2. The van der Waals surface area contributed by atoms with Crippen molar-refractivity contribution >= 4 is 11.9 Å². The second kappa shape index (κ2) is 7.48. The summed E-state index contributed by atoms with van der Waals surface area (Å²) in [6.45, 7) is 1.82. The SMILES string of the molecule is CCC(=O)C[C@H](Cc1ccccc1)NC(=O)OC. The minimum Gasteiger partial charge on any atom is -0.453 e. The average molecular weight is 249 g/mol. The van der Waals surface area contributed by atoms with E-state index in [0.717, 1.165) is 5.56 Å². The number of benzene rings is 1. The highest BCUT2D eigenvalue weighted by Crippen LogP contribution is 2.07. The van der Waals surface area contributed by atoms with E-state index >= 15 is 0 Å². The van der Waals surface area contributed by atoms with E-state index < -0.39 is 6.09 Å². The Morgan fingerprint density at radius 1 is 1.28 bits per heavy atom. The second-order valence-corrected chi connectivity index (χ2v) is 4.12. The number of alkyl carbamates (subject to hydrolysis) is 1. The molecule has 1 aromatic carbocycles. The van der Waals surface area contributed by atoms with E-state index in [9.17, 15) is 9.59 Å². The van der Waals surface area contributed by atoms with Gasteiger partial charge in [0, 0.05) is 18.9 Å². The van der Waals surface area contributed by atoms with Crippen molar-refractivity contribution in [3.8, 4) is 0 Å². The summed E-state index contributed by atoms with van der Waals surface area (Å²) >= 11 is 0. The average Bonchev–Trinajstić information content (AvgIpc) is 2.39. The fraction of sp³-hybridized carbons (Fsp3) is 0.429. The minimum absolute atomic E-state index is 0.132. The lowest BCUT2D eigenvalue weighted by Gasteiger charge is -2.17. The third kappa shape index (κ3) is 4.99. The number of hydrogen-bond acceptors (Lipinski definition) is 3. The number of amides is 1. The fourth-order valence-electron chi connectivity index (χ4n) is 1.72. The van der Waals surface area contributed by atoms with Crippen LogP contribution in [0.15, 0.2) is 30.3 Å². The standard InChI is InChI=1S/C14H19NO3/c1-3-13(16)10-12(15-14(17)18-2)9-11-7-5-4-6-8-11/h4-8,12H,3,9-10H2,1-2H3,(H,15,17)/t12-/m0/s1. The third-order valence-electron chi connectivity index (χ3n) is 2.70. The third-order valence-corrected chi connectivity index (χ3v) is 2.70. The van der Waals surface area contributed by atoms with Gasteiger partial charge in [-0.15, -0.1) is 0 Å². The lowest BCUT2D eigenvalue weighted by atomic mass is 10.0. The van der Waals surface area contributed by atoms with E-state index in [-0.39, 0.29) is 11.8 Å². The highest BCUT2D eigenvalue weighted by atomic mass is 16.5. The monoisotopic (exact) mass is 249 g/mol. The maximum Gasteiger partial charge on any atom is 0.407 e. The molecule has 0 heterocycles. The van der Waals surface area contributed by atoms with Crippen molar-refractivity contribution in [3.63, 3.8) is 0 Å². The molecule has 1 atom stereocenters. The zero-order valence-electron chi connectivity index (χ0n) is 10.8. The van der Waals surface area contributed by atoms with Crippen molar-refractivity contribution in [1.29, 1.82) is 0 Å². The van der Waals surface area contributed by atoms with Gasteiger partial charge in [-0.1, -0.05) is 37.3 Å². The molecule has 4 heteroatoms. The summed E-state index contributed by atoms with van der Waals surface area (Å²) in [5.41, 5.74) is 1.09. The minimum atomic E-state index is -0.500. The molecule has 4 nitrogen and oxygen atoms in total. The number of ketones is 1. The van der Waals surface area contributed by atoms with Gasteiger partial charge in [0.25, 0.3) is 0 Å².